The van der Waals surface area contributed by atoms with Crippen LogP contribution in [0.4, 0.5) is 9.59 Å². The monoisotopic (exact) mass is 342 g/mol. The zero-order valence-electron chi connectivity index (χ0n) is 16.4. The first kappa shape index (κ1) is 20.6. The highest BCUT2D eigenvalue weighted by molar-refractivity contribution is 5.69. The summed E-state index contributed by atoms with van der Waals surface area (Å²) in [6.45, 7) is 15.4. The summed E-state index contributed by atoms with van der Waals surface area (Å²) in [5, 5.41) is 5.60. The summed E-state index contributed by atoms with van der Waals surface area (Å²) in [6.07, 6.45) is 1.58. The molecular weight excluding hydrogens is 308 g/mol. The maximum Gasteiger partial charge on any atom is 0.407 e. The SMILES string of the molecule is C[C@@H]1C[C@@H]1NC(=O)OC(C)(C)C.C[C@H]1C[C@H]1NC(=O)OC(C)(C)C. The van der Waals surface area contributed by atoms with Crippen molar-refractivity contribution < 1.29 is 19.1 Å². The van der Waals surface area contributed by atoms with Crippen LogP contribution in [-0.2, 0) is 9.47 Å². The van der Waals surface area contributed by atoms with Gasteiger partial charge in [0.05, 0.1) is 0 Å². The van der Waals surface area contributed by atoms with Crippen LogP contribution in [0.25, 0.3) is 0 Å². The molecule has 2 fully saturated rings. The van der Waals surface area contributed by atoms with Crippen LogP contribution in [0.15, 0.2) is 0 Å². The predicted octanol–water partition coefficient (Wildman–Crippen LogP) is 3.84. The Labute approximate surface area is 146 Å². The van der Waals surface area contributed by atoms with Crippen LogP contribution < -0.4 is 10.6 Å². The van der Waals surface area contributed by atoms with Gasteiger partial charge in [-0.1, -0.05) is 13.8 Å². The van der Waals surface area contributed by atoms with Gasteiger partial charge in [0.15, 0.2) is 0 Å². The van der Waals surface area contributed by atoms with E-state index in [1.54, 1.807) is 0 Å². The van der Waals surface area contributed by atoms with Gasteiger partial charge in [-0.2, -0.15) is 0 Å². The molecule has 2 aliphatic rings. The summed E-state index contributed by atoms with van der Waals surface area (Å²) in [4.78, 5) is 22.2. The van der Waals surface area contributed by atoms with Crippen molar-refractivity contribution in [2.75, 3.05) is 0 Å². The van der Waals surface area contributed by atoms with E-state index in [0.717, 1.165) is 12.8 Å². The second-order valence-electron chi connectivity index (χ2n) is 8.93. The third-order valence-electron chi connectivity index (χ3n) is 3.62. The number of nitrogens with one attached hydrogen (secondary N) is 2. The van der Waals surface area contributed by atoms with Crippen LogP contribution in [-0.4, -0.2) is 35.5 Å². The van der Waals surface area contributed by atoms with Gasteiger partial charge in [-0.15, -0.1) is 0 Å². The van der Waals surface area contributed by atoms with Crippen LogP contribution >= 0.6 is 0 Å². The quantitative estimate of drug-likeness (QED) is 0.799. The van der Waals surface area contributed by atoms with E-state index in [2.05, 4.69) is 24.5 Å². The standard InChI is InChI=1S/2C9H17NO2/c2*1-6-5-7(6)10-8(11)12-9(2,3)4/h2*6-7H,5H2,1-4H3,(H,10,11)/t2*6-,7+/m10/s1. The van der Waals surface area contributed by atoms with Crippen LogP contribution in [0.1, 0.15) is 68.2 Å². The minimum atomic E-state index is -0.387. The van der Waals surface area contributed by atoms with E-state index in [4.69, 9.17) is 9.47 Å². The first-order chi connectivity index (χ1) is 10.8. The third-order valence-corrected chi connectivity index (χ3v) is 3.62. The van der Waals surface area contributed by atoms with Gasteiger partial charge in [0, 0.05) is 12.1 Å². The molecule has 4 atom stereocenters. The van der Waals surface area contributed by atoms with E-state index in [1.807, 2.05) is 41.5 Å². The Morgan fingerprint density at radius 1 is 0.750 bits per heavy atom. The van der Waals surface area contributed by atoms with Gasteiger partial charge in [-0.05, 0) is 66.2 Å². The third kappa shape index (κ3) is 9.63. The van der Waals surface area contributed by atoms with E-state index in [1.165, 1.54) is 0 Å². The molecule has 24 heavy (non-hydrogen) atoms. The van der Waals surface area contributed by atoms with Crippen LogP contribution in [0.3, 0.4) is 0 Å². The zero-order chi connectivity index (χ0) is 18.7. The molecule has 140 valence electrons. The van der Waals surface area contributed by atoms with Crippen LogP contribution in [0.5, 0.6) is 0 Å². The average Bonchev–Trinajstić information content (AvgIpc) is 3.17. The molecule has 2 amide bonds. The van der Waals surface area contributed by atoms with E-state index in [9.17, 15) is 9.59 Å². The fourth-order valence-electron chi connectivity index (χ4n) is 1.96. The molecule has 6 heteroatoms. The van der Waals surface area contributed by atoms with Gasteiger partial charge in [-0.25, -0.2) is 9.59 Å². The second kappa shape index (κ2) is 7.62. The number of hydrogen-bond donors (Lipinski definition) is 2. The molecule has 2 saturated carbocycles. The fourth-order valence-corrected chi connectivity index (χ4v) is 1.96. The van der Waals surface area contributed by atoms with E-state index in [0.29, 0.717) is 23.9 Å². The topological polar surface area (TPSA) is 76.7 Å². The number of ether oxygens (including phenoxy) is 2. The molecule has 0 aliphatic heterocycles. The van der Waals surface area contributed by atoms with Crippen molar-refractivity contribution in [2.45, 2.75) is 91.5 Å². The summed E-state index contributed by atoms with van der Waals surface area (Å²) >= 11 is 0. The van der Waals surface area contributed by atoms with E-state index >= 15 is 0 Å². The minimum Gasteiger partial charge on any atom is -0.444 e. The zero-order valence-corrected chi connectivity index (χ0v) is 16.4. The van der Waals surface area contributed by atoms with E-state index in [-0.39, 0.29) is 23.4 Å². The van der Waals surface area contributed by atoms with Crippen molar-refractivity contribution in [3.05, 3.63) is 0 Å². The molecule has 0 unspecified atom stereocenters. The van der Waals surface area contributed by atoms with Crippen molar-refractivity contribution in [2.24, 2.45) is 11.8 Å². The van der Waals surface area contributed by atoms with Crippen molar-refractivity contribution in [1.82, 2.24) is 10.6 Å². The molecule has 0 saturated heterocycles. The van der Waals surface area contributed by atoms with Gasteiger partial charge in [0.1, 0.15) is 11.2 Å². The molecule has 2 aliphatic carbocycles. The molecular formula is C18H34N2O4. The minimum absolute atomic E-state index is 0.295. The number of carbonyl (C=O) groups excluding carboxylic acids is 2. The maximum absolute atomic E-state index is 11.1. The van der Waals surface area contributed by atoms with Crippen LogP contribution in [0, 0.1) is 11.8 Å². The summed E-state index contributed by atoms with van der Waals surface area (Å²) in [5.41, 5.74) is -0.773. The molecule has 0 aromatic carbocycles. The maximum atomic E-state index is 11.1. The highest BCUT2D eigenvalue weighted by Crippen LogP contribution is 2.29. The van der Waals surface area contributed by atoms with Gasteiger partial charge < -0.3 is 20.1 Å². The summed E-state index contributed by atoms with van der Waals surface area (Å²) in [6, 6.07) is 0.694. The molecule has 2 rings (SSSR count). The molecule has 0 radical (unpaired) electrons. The molecule has 0 bridgehead atoms. The predicted molar refractivity (Wildman–Crippen MR) is 93.9 cm³/mol. The van der Waals surface area contributed by atoms with Gasteiger partial charge in [0.2, 0.25) is 0 Å². The lowest BCUT2D eigenvalue weighted by Gasteiger charge is -2.19. The summed E-state index contributed by atoms with van der Waals surface area (Å²) in [5.74, 6) is 1.25. The Morgan fingerprint density at radius 3 is 1.17 bits per heavy atom. The molecule has 0 aromatic heterocycles. The Hall–Kier alpha value is -1.46. The number of carbonyl (C=O) groups is 2. The molecule has 6 nitrogen and oxygen atoms in total. The smallest absolute Gasteiger partial charge is 0.407 e. The van der Waals surface area contributed by atoms with Crippen molar-refractivity contribution in [1.29, 1.82) is 0 Å². The normalized spacial score (nSPS) is 28.0. The summed E-state index contributed by atoms with van der Waals surface area (Å²) in [7, 11) is 0. The molecule has 0 aromatic rings. The Morgan fingerprint density at radius 2 is 1.00 bits per heavy atom. The van der Waals surface area contributed by atoms with Gasteiger partial charge >= 0.3 is 12.2 Å². The number of alkyl carbamates (subject to hydrolysis) is 2. The van der Waals surface area contributed by atoms with Crippen molar-refractivity contribution >= 4 is 12.2 Å². The first-order valence-corrected chi connectivity index (χ1v) is 8.76. The number of amides is 2. The lowest BCUT2D eigenvalue weighted by atomic mass is 10.2. The average molecular weight is 342 g/mol. The lowest BCUT2D eigenvalue weighted by molar-refractivity contribution is 0.0509. The second-order valence-corrected chi connectivity index (χ2v) is 8.93. The Bertz CT molecular complexity index is 409. The van der Waals surface area contributed by atoms with Crippen molar-refractivity contribution in [3.63, 3.8) is 0 Å². The highest BCUT2D eigenvalue weighted by Gasteiger charge is 2.35. The highest BCUT2D eigenvalue weighted by atomic mass is 16.6. The van der Waals surface area contributed by atoms with Crippen molar-refractivity contribution in [3.8, 4) is 0 Å². The molecule has 0 heterocycles. The Kier molecular flexibility index (Phi) is 6.53. The van der Waals surface area contributed by atoms with Gasteiger partial charge in [-0.3, -0.25) is 0 Å². The first-order valence-electron chi connectivity index (χ1n) is 8.76. The summed E-state index contributed by atoms with van der Waals surface area (Å²) < 4.78 is 10.2. The number of rotatable bonds is 2. The van der Waals surface area contributed by atoms with E-state index < -0.39 is 0 Å². The largest absolute Gasteiger partial charge is 0.444 e. The van der Waals surface area contributed by atoms with Crippen LogP contribution in [0.2, 0.25) is 0 Å². The number of hydrogen-bond acceptors (Lipinski definition) is 4. The Balaban J connectivity index is 0.000000240. The molecule has 0 spiro atoms. The van der Waals surface area contributed by atoms with Gasteiger partial charge in [0.25, 0.3) is 0 Å². The fraction of sp³-hybridized carbons (Fsp3) is 0.889. The lowest BCUT2D eigenvalue weighted by Crippen LogP contribution is -2.34. The molecule has 2 N–H and O–H groups in total.